The first-order chi connectivity index (χ1) is 8.49. The standard InChI is InChI=1S/C13H23NO4/c1-4-5-8-18-10(3)12(15)14-7-6-11(9(14)2)13(16)17/h9-11H,4-8H2,1-3H3,(H,16,17). The summed E-state index contributed by atoms with van der Waals surface area (Å²) in [6.07, 6.45) is 2.02. The molecule has 1 N–H and O–H groups in total. The molecule has 18 heavy (non-hydrogen) atoms. The number of likely N-dealkylation sites (tertiary alicyclic amines) is 1. The van der Waals surface area contributed by atoms with Crippen molar-refractivity contribution < 1.29 is 19.4 Å². The zero-order valence-electron chi connectivity index (χ0n) is 11.4. The van der Waals surface area contributed by atoms with Crippen molar-refractivity contribution in [1.29, 1.82) is 0 Å². The van der Waals surface area contributed by atoms with Crippen molar-refractivity contribution in [3.63, 3.8) is 0 Å². The van der Waals surface area contributed by atoms with Crippen LogP contribution < -0.4 is 0 Å². The summed E-state index contributed by atoms with van der Waals surface area (Å²) in [5.41, 5.74) is 0. The monoisotopic (exact) mass is 257 g/mol. The molecule has 1 fully saturated rings. The van der Waals surface area contributed by atoms with E-state index in [2.05, 4.69) is 6.92 Å². The summed E-state index contributed by atoms with van der Waals surface area (Å²) in [4.78, 5) is 24.8. The minimum absolute atomic E-state index is 0.0950. The number of unbranched alkanes of at least 4 members (excludes halogenated alkanes) is 1. The number of nitrogens with zero attached hydrogens (tertiary/aromatic N) is 1. The van der Waals surface area contributed by atoms with Crippen LogP contribution in [0.2, 0.25) is 0 Å². The molecule has 104 valence electrons. The molecule has 0 bridgehead atoms. The highest BCUT2D eigenvalue weighted by atomic mass is 16.5. The molecule has 1 aliphatic heterocycles. The minimum Gasteiger partial charge on any atom is -0.481 e. The summed E-state index contributed by atoms with van der Waals surface area (Å²) in [6.45, 7) is 6.68. The van der Waals surface area contributed by atoms with E-state index in [1.165, 1.54) is 0 Å². The molecular formula is C13H23NO4. The summed E-state index contributed by atoms with van der Waals surface area (Å²) in [5.74, 6) is -1.36. The van der Waals surface area contributed by atoms with E-state index >= 15 is 0 Å². The molecule has 0 saturated carbocycles. The highest BCUT2D eigenvalue weighted by molar-refractivity contribution is 5.82. The Morgan fingerprint density at radius 1 is 1.50 bits per heavy atom. The fraction of sp³-hybridized carbons (Fsp3) is 0.846. The quantitative estimate of drug-likeness (QED) is 0.732. The van der Waals surface area contributed by atoms with E-state index in [4.69, 9.17) is 9.84 Å². The maximum Gasteiger partial charge on any atom is 0.308 e. The van der Waals surface area contributed by atoms with Crippen molar-refractivity contribution in [1.82, 2.24) is 4.90 Å². The Morgan fingerprint density at radius 3 is 2.67 bits per heavy atom. The molecule has 1 rings (SSSR count). The van der Waals surface area contributed by atoms with Gasteiger partial charge in [-0.2, -0.15) is 0 Å². The first-order valence-electron chi connectivity index (χ1n) is 6.64. The number of hydrogen-bond donors (Lipinski definition) is 1. The summed E-state index contributed by atoms with van der Waals surface area (Å²) in [7, 11) is 0. The van der Waals surface area contributed by atoms with E-state index in [0.717, 1.165) is 12.8 Å². The summed E-state index contributed by atoms with van der Waals surface area (Å²) >= 11 is 0. The SMILES string of the molecule is CCCCOC(C)C(=O)N1CCC(C(=O)O)C1C. The smallest absolute Gasteiger partial charge is 0.308 e. The third kappa shape index (κ3) is 3.45. The van der Waals surface area contributed by atoms with E-state index in [1.807, 2.05) is 0 Å². The number of aliphatic carboxylic acids is 1. The normalized spacial score (nSPS) is 25.2. The van der Waals surface area contributed by atoms with Gasteiger partial charge in [0, 0.05) is 19.2 Å². The number of carbonyl (C=O) groups excluding carboxylic acids is 1. The van der Waals surface area contributed by atoms with Gasteiger partial charge in [-0.25, -0.2) is 0 Å². The number of amides is 1. The Hall–Kier alpha value is -1.10. The topological polar surface area (TPSA) is 66.8 Å². The van der Waals surface area contributed by atoms with Gasteiger partial charge in [0.1, 0.15) is 6.10 Å². The lowest BCUT2D eigenvalue weighted by atomic mass is 10.0. The molecule has 1 heterocycles. The van der Waals surface area contributed by atoms with Crippen molar-refractivity contribution in [2.75, 3.05) is 13.2 Å². The third-order valence-electron chi connectivity index (χ3n) is 3.57. The van der Waals surface area contributed by atoms with Crippen LogP contribution >= 0.6 is 0 Å². The van der Waals surface area contributed by atoms with Crippen LogP contribution in [0.5, 0.6) is 0 Å². The molecule has 0 spiro atoms. The Kier molecular flexibility index (Phi) is 5.59. The van der Waals surface area contributed by atoms with Crippen molar-refractivity contribution in [3.8, 4) is 0 Å². The second-order valence-electron chi connectivity index (χ2n) is 4.87. The number of rotatable bonds is 6. The van der Waals surface area contributed by atoms with Crippen LogP contribution in [0.3, 0.4) is 0 Å². The lowest BCUT2D eigenvalue weighted by molar-refractivity contribution is -0.146. The van der Waals surface area contributed by atoms with Crippen molar-refractivity contribution >= 4 is 11.9 Å². The molecule has 1 amide bonds. The first-order valence-corrected chi connectivity index (χ1v) is 6.64. The van der Waals surface area contributed by atoms with Gasteiger partial charge in [0.05, 0.1) is 5.92 Å². The summed E-state index contributed by atoms with van der Waals surface area (Å²) < 4.78 is 5.46. The van der Waals surface area contributed by atoms with Crippen LogP contribution in [0.4, 0.5) is 0 Å². The third-order valence-corrected chi connectivity index (χ3v) is 3.57. The van der Waals surface area contributed by atoms with E-state index < -0.39 is 18.0 Å². The molecule has 3 unspecified atom stereocenters. The van der Waals surface area contributed by atoms with Crippen LogP contribution in [-0.4, -0.2) is 47.2 Å². The Bertz CT molecular complexity index is 305. The van der Waals surface area contributed by atoms with Crippen LogP contribution in [0.25, 0.3) is 0 Å². The molecule has 0 radical (unpaired) electrons. The molecule has 5 heteroatoms. The Morgan fingerprint density at radius 2 is 2.17 bits per heavy atom. The molecular weight excluding hydrogens is 234 g/mol. The van der Waals surface area contributed by atoms with Gasteiger partial charge in [0.2, 0.25) is 0 Å². The van der Waals surface area contributed by atoms with E-state index in [1.54, 1.807) is 18.7 Å². The number of ether oxygens (including phenoxy) is 1. The van der Waals surface area contributed by atoms with E-state index in [-0.39, 0.29) is 11.9 Å². The van der Waals surface area contributed by atoms with Gasteiger partial charge < -0.3 is 14.7 Å². The van der Waals surface area contributed by atoms with Crippen LogP contribution in [0.1, 0.15) is 40.0 Å². The van der Waals surface area contributed by atoms with Crippen LogP contribution in [0, 0.1) is 5.92 Å². The molecule has 0 aromatic rings. The highest BCUT2D eigenvalue weighted by Gasteiger charge is 2.39. The second-order valence-corrected chi connectivity index (χ2v) is 4.87. The molecule has 3 atom stereocenters. The van der Waals surface area contributed by atoms with E-state index in [9.17, 15) is 9.59 Å². The maximum absolute atomic E-state index is 12.1. The summed E-state index contributed by atoms with van der Waals surface area (Å²) in [6, 6.07) is -0.243. The number of hydrogen-bond acceptors (Lipinski definition) is 3. The van der Waals surface area contributed by atoms with Gasteiger partial charge in [-0.1, -0.05) is 13.3 Å². The lowest BCUT2D eigenvalue weighted by Gasteiger charge is -2.26. The minimum atomic E-state index is -0.822. The number of carbonyl (C=O) groups is 2. The fourth-order valence-corrected chi connectivity index (χ4v) is 2.29. The fourth-order valence-electron chi connectivity index (χ4n) is 2.29. The zero-order chi connectivity index (χ0) is 13.7. The van der Waals surface area contributed by atoms with Gasteiger partial charge in [0.15, 0.2) is 0 Å². The number of carboxylic acids is 1. The first kappa shape index (κ1) is 15.0. The van der Waals surface area contributed by atoms with Crippen molar-refractivity contribution in [3.05, 3.63) is 0 Å². The highest BCUT2D eigenvalue weighted by Crippen LogP contribution is 2.25. The molecule has 0 aliphatic carbocycles. The Balaban J connectivity index is 2.49. The predicted octanol–water partition coefficient (Wildman–Crippen LogP) is 1.51. The van der Waals surface area contributed by atoms with Gasteiger partial charge in [-0.05, 0) is 26.7 Å². The zero-order valence-corrected chi connectivity index (χ0v) is 11.4. The van der Waals surface area contributed by atoms with Gasteiger partial charge in [-0.15, -0.1) is 0 Å². The van der Waals surface area contributed by atoms with Crippen molar-refractivity contribution in [2.45, 2.75) is 52.2 Å². The van der Waals surface area contributed by atoms with Gasteiger partial charge >= 0.3 is 5.97 Å². The van der Waals surface area contributed by atoms with Gasteiger partial charge in [-0.3, -0.25) is 9.59 Å². The average molecular weight is 257 g/mol. The largest absolute Gasteiger partial charge is 0.481 e. The predicted molar refractivity (Wildman–Crippen MR) is 67.2 cm³/mol. The molecule has 1 aliphatic rings. The second kappa shape index (κ2) is 6.73. The Labute approximate surface area is 108 Å². The number of carboxylic acid groups (broad SMARTS) is 1. The summed E-state index contributed by atoms with van der Waals surface area (Å²) in [5, 5.41) is 9.03. The van der Waals surface area contributed by atoms with Crippen molar-refractivity contribution in [2.24, 2.45) is 5.92 Å². The van der Waals surface area contributed by atoms with Crippen LogP contribution in [0.15, 0.2) is 0 Å². The average Bonchev–Trinajstić information content (AvgIpc) is 2.70. The maximum atomic E-state index is 12.1. The van der Waals surface area contributed by atoms with Crippen LogP contribution in [-0.2, 0) is 14.3 Å². The molecule has 0 aromatic heterocycles. The molecule has 0 aromatic carbocycles. The van der Waals surface area contributed by atoms with Gasteiger partial charge in [0.25, 0.3) is 5.91 Å². The molecule has 5 nitrogen and oxygen atoms in total. The van der Waals surface area contributed by atoms with E-state index in [0.29, 0.717) is 19.6 Å². The molecule has 1 saturated heterocycles. The lowest BCUT2D eigenvalue weighted by Crippen LogP contribution is -2.43.